The van der Waals surface area contributed by atoms with Crippen molar-refractivity contribution in [2.45, 2.75) is 89.1 Å². The van der Waals surface area contributed by atoms with Crippen LogP contribution in [0.3, 0.4) is 0 Å². The molecule has 2 aromatic heterocycles. The molecule has 2 fully saturated rings. The van der Waals surface area contributed by atoms with E-state index in [0.717, 1.165) is 0 Å². The molecule has 0 radical (unpaired) electrons. The minimum atomic E-state index is -1.99. The highest BCUT2D eigenvalue weighted by atomic mass is 35.5. The normalized spacial score (nSPS) is 28.3. The molecule has 1 unspecified atom stereocenters. The Morgan fingerprint density at radius 3 is 2.58 bits per heavy atom. The number of aromatic nitrogens is 3. The first-order chi connectivity index (χ1) is 15.2. The zero-order valence-corrected chi connectivity index (χ0v) is 22.3. The van der Waals surface area contributed by atoms with Gasteiger partial charge in [0.15, 0.2) is 19.9 Å². The zero-order valence-electron chi connectivity index (χ0n) is 20.5. The molecule has 4 rings (SSSR count). The highest BCUT2D eigenvalue weighted by molar-refractivity contribution is 6.74. The van der Waals surface area contributed by atoms with Gasteiger partial charge in [0.1, 0.15) is 36.0 Å². The van der Waals surface area contributed by atoms with Gasteiger partial charge in [0.05, 0.1) is 12.3 Å². The van der Waals surface area contributed by atoms with Crippen molar-refractivity contribution in [1.29, 1.82) is 0 Å². The number of hydrogen-bond donors (Lipinski definition) is 2. The number of anilines is 1. The quantitative estimate of drug-likeness (QED) is 0.580. The van der Waals surface area contributed by atoms with E-state index in [-0.39, 0.29) is 22.5 Å². The van der Waals surface area contributed by atoms with Gasteiger partial charge in [-0.3, -0.25) is 0 Å². The van der Waals surface area contributed by atoms with Crippen molar-refractivity contribution in [2.24, 2.45) is 0 Å². The number of aliphatic hydroxyl groups excluding tert-OH is 1. The first-order valence-electron chi connectivity index (χ1n) is 11.3. The van der Waals surface area contributed by atoms with E-state index in [1.165, 1.54) is 0 Å². The predicted molar refractivity (Wildman–Crippen MR) is 128 cm³/mol. The van der Waals surface area contributed by atoms with Crippen LogP contribution in [0, 0.1) is 0 Å². The molecule has 4 heterocycles. The Kier molecular flexibility index (Phi) is 6.35. The lowest BCUT2D eigenvalue weighted by molar-refractivity contribution is -0.200. The van der Waals surface area contributed by atoms with Crippen LogP contribution in [0.15, 0.2) is 12.1 Å². The van der Waals surface area contributed by atoms with Gasteiger partial charge in [-0.15, -0.1) is 5.10 Å². The summed E-state index contributed by atoms with van der Waals surface area (Å²) in [6, 6.07) is 3.63. The Morgan fingerprint density at radius 2 is 1.94 bits per heavy atom. The van der Waals surface area contributed by atoms with E-state index in [1.807, 2.05) is 19.9 Å². The molecule has 0 aliphatic carbocycles. The summed E-state index contributed by atoms with van der Waals surface area (Å²) < 4.78 is 26.7. The first kappa shape index (κ1) is 24.8. The molecule has 2 aliphatic rings. The maximum atomic E-state index is 11.4. The van der Waals surface area contributed by atoms with Gasteiger partial charge in [-0.2, -0.15) is 4.98 Å². The number of halogens is 1. The molecule has 2 aliphatic heterocycles. The van der Waals surface area contributed by atoms with Crippen molar-refractivity contribution in [3.8, 4) is 0 Å². The summed E-state index contributed by atoms with van der Waals surface area (Å²) in [6.07, 6.45) is -2.83. The Balaban J connectivity index is 1.61. The van der Waals surface area contributed by atoms with Crippen molar-refractivity contribution in [2.75, 3.05) is 19.0 Å². The number of fused-ring (bicyclic) bond motifs is 2. The van der Waals surface area contributed by atoms with Crippen LogP contribution >= 0.6 is 11.6 Å². The van der Waals surface area contributed by atoms with Gasteiger partial charge >= 0.3 is 0 Å². The number of nitrogens with zero attached hydrogens (tertiary/aromatic N) is 3. The summed E-state index contributed by atoms with van der Waals surface area (Å²) in [4.78, 5) is 4.19. The standard InChI is InChI=1S/C22H35ClN4O5Si/c1-21(2,3)33(7,8)29-11-14-16-18(32-22(4,5)31-16)17(30-14)15(28)12-9-10-13-19(24-6)25-20(23)26-27(12)13/h9-10,14-18,28H,11H2,1-8H3,(H,24,25,26)/t14-,15?,16-,17-,18-/m1/s1. The summed E-state index contributed by atoms with van der Waals surface area (Å²) in [5.74, 6) is -0.209. The summed E-state index contributed by atoms with van der Waals surface area (Å²) in [6.45, 7) is 15.1. The van der Waals surface area contributed by atoms with Gasteiger partial charge in [-0.25, -0.2) is 4.52 Å². The SMILES string of the molecule is CNc1nc(Cl)nn2c(C(O)[C@H]3O[C@H](CO[Si](C)(C)C(C)(C)C)[C@H]4OC(C)(C)O[C@H]43)ccc12. The average molecular weight is 499 g/mol. The Labute approximate surface area is 200 Å². The van der Waals surface area contributed by atoms with Gasteiger partial charge in [0, 0.05) is 7.05 Å². The highest BCUT2D eigenvalue weighted by Crippen LogP contribution is 2.44. The maximum Gasteiger partial charge on any atom is 0.243 e. The second kappa shape index (κ2) is 8.44. The number of nitrogens with one attached hydrogen (secondary N) is 1. The third-order valence-corrected chi connectivity index (χ3v) is 11.6. The van der Waals surface area contributed by atoms with E-state index >= 15 is 0 Å². The minimum absolute atomic E-state index is 0.0731. The smallest absolute Gasteiger partial charge is 0.243 e. The molecule has 184 valence electrons. The van der Waals surface area contributed by atoms with Crippen LogP contribution < -0.4 is 5.32 Å². The number of rotatable bonds is 6. The molecule has 0 spiro atoms. The molecule has 2 aromatic rings. The molecule has 2 saturated heterocycles. The van der Waals surface area contributed by atoms with Crippen molar-refractivity contribution in [3.63, 3.8) is 0 Å². The lowest BCUT2D eigenvalue weighted by atomic mass is 10.0. The Bertz CT molecular complexity index is 1020. The van der Waals surface area contributed by atoms with Gasteiger partial charge in [0.25, 0.3) is 0 Å². The van der Waals surface area contributed by atoms with Gasteiger partial charge in [0.2, 0.25) is 5.28 Å². The molecule has 0 aromatic carbocycles. The third-order valence-electron chi connectivity index (χ3n) is 6.97. The molecule has 33 heavy (non-hydrogen) atoms. The van der Waals surface area contributed by atoms with Crippen LogP contribution in [-0.2, 0) is 18.6 Å². The van der Waals surface area contributed by atoms with E-state index in [1.54, 1.807) is 17.6 Å². The van der Waals surface area contributed by atoms with Gasteiger partial charge in [-0.1, -0.05) is 20.8 Å². The lowest BCUT2D eigenvalue weighted by Crippen LogP contribution is -2.44. The summed E-state index contributed by atoms with van der Waals surface area (Å²) in [5, 5.41) is 18.9. The molecule has 5 atom stereocenters. The molecular weight excluding hydrogens is 464 g/mol. The Morgan fingerprint density at radius 1 is 1.27 bits per heavy atom. The largest absolute Gasteiger partial charge is 0.414 e. The highest BCUT2D eigenvalue weighted by Gasteiger charge is 2.57. The Hall–Kier alpha value is -1.27. The van der Waals surface area contributed by atoms with Crippen LogP contribution in [-0.4, -0.2) is 71.9 Å². The molecule has 2 N–H and O–H groups in total. The van der Waals surface area contributed by atoms with Crippen LogP contribution in [0.5, 0.6) is 0 Å². The van der Waals surface area contributed by atoms with E-state index in [0.29, 0.717) is 23.6 Å². The second-order valence-electron chi connectivity index (χ2n) is 10.8. The summed E-state index contributed by atoms with van der Waals surface area (Å²) in [5.41, 5.74) is 1.24. The van der Waals surface area contributed by atoms with Gasteiger partial charge < -0.3 is 29.1 Å². The van der Waals surface area contributed by atoms with Crippen LogP contribution in [0.4, 0.5) is 5.82 Å². The molecule has 0 bridgehead atoms. The van der Waals surface area contributed by atoms with Crippen molar-refractivity contribution >= 4 is 31.3 Å². The topological polar surface area (TPSA) is 99.4 Å². The summed E-state index contributed by atoms with van der Waals surface area (Å²) in [7, 11) is -0.234. The van der Waals surface area contributed by atoms with Crippen molar-refractivity contribution in [3.05, 3.63) is 23.1 Å². The minimum Gasteiger partial charge on any atom is -0.414 e. The monoisotopic (exact) mass is 498 g/mol. The maximum absolute atomic E-state index is 11.4. The molecule has 9 nitrogen and oxygen atoms in total. The fourth-order valence-electron chi connectivity index (χ4n) is 4.18. The fraction of sp³-hybridized carbons (Fsp3) is 0.727. The predicted octanol–water partition coefficient (Wildman–Crippen LogP) is 3.77. The summed E-state index contributed by atoms with van der Waals surface area (Å²) >= 11 is 6.11. The molecular formula is C22H35ClN4O5Si. The third kappa shape index (κ3) is 4.54. The zero-order chi connectivity index (χ0) is 24.3. The van der Waals surface area contributed by atoms with E-state index in [2.05, 4.69) is 49.3 Å². The van der Waals surface area contributed by atoms with E-state index < -0.39 is 32.4 Å². The molecule has 0 amide bonds. The second-order valence-corrected chi connectivity index (χ2v) is 15.9. The van der Waals surface area contributed by atoms with Gasteiger partial charge in [-0.05, 0) is 55.7 Å². The average Bonchev–Trinajstić information content (AvgIpc) is 3.35. The van der Waals surface area contributed by atoms with Crippen LogP contribution in [0.1, 0.15) is 46.4 Å². The number of hydrogen-bond acceptors (Lipinski definition) is 8. The number of aliphatic hydroxyl groups is 1. The van der Waals surface area contributed by atoms with Crippen molar-refractivity contribution in [1.82, 2.24) is 14.6 Å². The van der Waals surface area contributed by atoms with E-state index in [9.17, 15) is 5.11 Å². The van der Waals surface area contributed by atoms with Crippen molar-refractivity contribution < 1.29 is 23.7 Å². The molecule has 11 heteroatoms. The number of ether oxygens (including phenoxy) is 3. The lowest BCUT2D eigenvalue weighted by Gasteiger charge is -2.37. The first-order valence-corrected chi connectivity index (χ1v) is 14.6. The van der Waals surface area contributed by atoms with Crippen LogP contribution in [0.2, 0.25) is 23.4 Å². The fourth-order valence-corrected chi connectivity index (χ4v) is 5.35. The molecule has 0 saturated carbocycles. The van der Waals surface area contributed by atoms with E-state index in [4.69, 9.17) is 30.2 Å². The van der Waals surface area contributed by atoms with Crippen LogP contribution in [0.25, 0.3) is 5.52 Å².